The average molecular weight is 392 g/mol. The first-order valence-corrected chi connectivity index (χ1v) is 9.37. The standard InChI is InChI=1S/C18H20N2O6S/c1-12-4-9-15(25-2)16(10-12)27(23,24)19-11-17(21)20-14-7-5-13(6-8-14)18(22)26-3/h4-10,19H,11H2,1-3H3,(H,20,21). The van der Waals surface area contributed by atoms with Gasteiger partial charge in [0.2, 0.25) is 15.9 Å². The van der Waals surface area contributed by atoms with E-state index in [0.29, 0.717) is 11.3 Å². The second kappa shape index (κ2) is 8.65. The normalized spacial score (nSPS) is 10.9. The summed E-state index contributed by atoms with van der Waals surface area (Å²) in [7, 11) is -1.29. The Morgan fingerprint density at radius 3 is 2.30 bits per heavy atom. The van der Waals surface area contributed by atoms with Gasteiger partial charge in [-0.1, -0.05) is 6.07 Å². The van der Waals surface area contributed by atoms with E-state index < -0.39 is 28.4 Å². The van der Waals surface area contributed by atoms with E-state index in [2.05, 4.69) is 14.8 Å². The third-order valence-corrected chi connectivity index (χ3v) is 5.04. The minimum Gasteiger partial charge on any atom is -0.495 e. The van der Waals surface area contributed by atoms with Crippen molar-refractivity contribution in [2.45, 2.75) is 11.8 Å². The molecule has 9 heteroatoms. The number of nitrogens with one attached hydrogen (secondary N) is 2. The van der Waals surface area contributed by atoms with E-state index in [1.54, 1.807) is 19.1 Å². The zero-order valence-corrected chi connectivity index (χ0v) is 15.9. The maximum absolute atomic E-state index is 12.5. The monoisotopic (exact) mass is 392 g/mol. The molecule has 0 atom stereocenters. The van der Waals surface area contributed by atoms with Gasteiger partial charge < -0.3 is 14.8 Å². The highest BCUT2D eigenvalue weighted by Gasteiger charge is 2.20. The van der Waals surface area contributed by atoms with Crippen LogP contribution in [0.4, 0.5) is 5.69 Å². The molecule has 0 saturated heterocycles. The van der Waals surface area contributed by atoms with Gasteiger partial charge in [-0.3, -0.25) is 4.79 Å². The molecule has 2 aromatic carbocycles. The topological polar surface area (TPSA) is 111 Å². The predicted molar refractivity (Wildman–Crippen MR) is 99.3 cm³/mol. The molecule has 144 valence electrons. The molecule has 2 N–H and O–H groups in total. The lowest BCUT2D eigenvalue weighted by Gasteiger charge is -2.12. The molecule has 2 aromatic rings. The number of aryl methyl sites for hydroxylation is 1. The van der Waals surface area contributed by atoms with Crippen molar-refractivity contribution < 1.29 is 27.5 Å². The zero-order valence-electron chi connectivity index (χ0n) is 15.1. The molecule has 0 spiro atoms. The van der Waals surface area contributed by atoms with Crippen molar-refractivity contribution in [2.75, 3.05) is 26.1 Å². The Hall–Kier alpha value is -2.91. The molecule has 0 heterocycles. The minimum absolute atomic E-state index is 0.0415. The van der Waals surface area contributed by atoms with E-state index in [1.807, 2.05) is 0 Å². The third-order valence-electron chi connectivity index (χ3n) is 3.62. The third kappa shape index (κ3) is 5.28. The molecule has 0 aliphatic rings. The Kier molecular flexibility index (Phi) is 6.54. The summed E-state index contributed by atoms with van der Waals surface area (Å²) in [5, 5.41) is 2.54. The van der Waals surface area contributed by atoms with Gasteiger partial charge in [-0.25, -0.2) is 17.9 Å². The molecule has 0 saturated carbocycles. The van der Waals surface area contributed by atoms with Crippen LogP contribution in [0.15, 0.2) is 47.4 Å². The van der Waals surface area contributed by atoms with Crippen molar-refractivity contribution in [3.8, 4) is 5.75 Å². The van der Waals surface area contributed by atoms with E-state index in [1.165, 1.54) is 44.6 Å². The number of anilines is 1. The number of carbonyl (C=O) groups excluding carboxylic acids is 2. The molecule has 27 heavy (non-hydrogen) atoms. The molecule has 0 unspecified atom stereocenters. The molecule has 1 amide bonds. The molecular weight excluding hydrogens is 372 g/mol. The largest absolute Gasteiger partial charge is 0.495 e. The van der Waals surface area contributed by atoms with Crippen LogP contribution in [0, 0.1) is 6.92 Å². The summed E-state index contributed by atoms with van der Waals surface area (Å²) >= 11 is 0. The fourth-order valence-electron chi connectivity index (χ4n) is 2.24. The Morgan fingerprint density at radius 2 is 1.70 bits per heavy atom. The van der Waals surface area contributed by atoms with Gasteiger partial charge in [-0.15, -0.1) is 0 Å². The number of esters is 1. The van der Waals surface area contributed by atoms with Gasteiger partial charge in [0.1, 0.15) is 10.6 Å². The van der Waals surface area contributed by atoms with Crippen molar-refractivity contribution in [3.05, 3.63) is 53.6 Å². The highest BCUT2D eigenvalue weighted by atomic mass is 32.2. The summed E-state index contributed by atoms with van der Waals surface area (Å²) in [6.07, 6.45) is 0. The Bertz CT molecular complexity index is 939. The van der Waals surface area contributed by atoms with Crippen LogP contribution < -0.4 is 14.8 Å². The lowest BCUT2D eigenvalue weighted by atomic mass is 10.2. The summed E-state index contributed by atoms with van der Waals surface area (Å²) in [4.78, 5) is 23.4. The fraction of sp³-hybridized carbons (Fsp3) is 0.222. The van der Waals surface area contributed by atoms with Gasteiger partial charge >= 0.3 is 5.97 Å². The van der Waals surface area contributed by atoms with E-state index in [0.717, 1.165) is 5.56 Å². The van der Waals surface area contributed by atoms with Gasteiger partial charge in [0.05, 0.1) is 26.3 Å². The van der Waals surface area contributed by atoms with Crippen molar-refractivity contribution in [3.63, 3.8) is 0 Å². The van der Waals surface area contributed by atoms with Gasteiger partial charge in [-0.05, 0) is 48.9 Å². The summed E-state index contributed by atoms with van der Waals surface area (Å²) < 4.78 is 36.8. The van der Waals surface area contributed by atoms with Crippen molar-refractivity contribution in [2.24, 2.45) is 0 Å². The molecule has 0 radical (unpaired) electrons. The van der Waals surface area contributed by atoms with Crippen molar-refractivity contribution >= 4 is 27.6 Å². The number of hydrogen-bond acceptors (Lipinski definition) is 6. The molecule has 2 rings (SSSR count). The first-order valence-electron chi connectivity index (χ1n) is 7.89. The van der Waals surface area contributed by atoms with Gasteiger partial charge in [0.25, 0.3) is 0 Å². The lowest BCUT2D eigenvalue weighted by molar-refractivity contribution is -0.115. The SMILES string of the molecule is COC(=O)c1ccc(NC(=O)CNS(=O)(=O)c2cc(C)ccc2OC)cc1. The molecule has 8 nitrogen and oxygen atoms in total. The molecular formula is C18H20N2O6S. The smallest absolute Gasteiger partial charge is 0.337 e. The average Bonchev–Trinajstić information content (AvgIpc) is 2.66. The van der Waals surface area contributed by atoms with Crippen LogP contribution in [0.2, 0.25) is 0 Å². The quantitative estimate of drug-likeness (QED) is 0.694. The summed E-state index contributed by atoms with van der Waals surface area (Å²) in [6.45, 7) is 1.29. The van der Waals surface area contributed by atoms with Crippen LogP contribution in [-0.4, -0.2) is 41.1 Å². The summed E-state index contributed by atoms with van der Waals surface area (Å²) in [5.74, 6) is -0.865. The number of amides is 1. The van der Waals surface area contributed by atoms with Gasteiger partial charge in [0, 0.05) is 5.69 Å². The summed E-state index contributed by atoms with van der Waals surface area (Å²) in [5.41, 5.74) is 1.49. The number of methoxy groups -OCH3 is 2. The van der Waals surface area contributed by atoms with E-state index in [-0.39, 0.29) is 10.6 Å². The molecule has 0 aromatic heterocycles. The van der Waals surface area contributed by atoms with E-state index in [4.69, 9.17) is 4.74 Å². The fourth-order valence-corrected chi connectivity index (χ4v) is 3.48. The molecule has 0 bridgehead atoms. The van der Waals surface area contributed by atoms with Crippen LogP contribution in [0.1, 0.15) is 15.9 Å². The predicted octanol–water partition coefficient (Wildman–Crippen LogP) is 1.71. The number of carbonyl (C=O) groups is 2. The molecule has 0 aliphatic carbocycles. The highest BCUT2D eigenvalue weighted by Crippen LogP contribution is 2.24. The van der Waals surface area contributed by atoms with Gasteiger partial charge in [-0.2, -0.15) is 0 Å². The van der Waals surface area contributed by atoms with Crippen LogP contribution in [0.3, 0.4) is 0 Å². The van der Waals surface area contributed by atoms with Crippen molar-refractivity contribution in [1.29, 1.82) is 0 Å². The minimum atomic E-state index is -3.93. The van der Waals surface area contributed by atoms with E-state index in [9.17, 15) is 18.0 Å². The molecule has 0 aliphatic heterocycles. The van der Waals surface area contributed by atoms with Crippen LogP contribution in [-0.2, 0) is 19.6 Å². The maximum Gasteiger partial charge on any atom is 0.337 e. The van der Waals surface area contributed by atoms with Crippen LogP contribution in [0.5, 0.6) is 5.75 Å². The maximum atomic E-state index is 12.5. The first-order chi connectivity index (χ1) is 12.8. The molecule has 0 fully saturated rings. The number of ether oxygens (including phenoxy) is 2. The second-order valence-corrected chi connectivity index (χ2v) is 7.33. The second-order valence-electron chi connectivity index (χ2n) is 5.60. The zero-order chi connectivity index (χ0) is 20.0. The van der Waals surface area contributed by atoms with E-state index >= 15 is 0 Å². The number of hydrogen-bond donors (Lipinski definition) is 2. The Balaban J connectivity index is 2.02. The number of benzene rings is 2. The Labute approximate surface area is 157 Å². The first kappa shape index (κ1) is 20.4. The Morgan fingerprint density at radius 1 is 1.04 bits per heavy atom. The number of sulfonamides is 1. The highest BCUT2D eigenvalue weighted by molar-refractivity contribution is 7.89. The van der Waals surface area contributed by atoms with Crippen molar-refractivity contribution in [1.82, 2.24) is 4.72 Å². The number of rotatable bonds is 7. The van der Waals surface area contributed by atoms with Gasteiger partial charge in [0.15, 0.2) is 0 Å². The van der Waals surface area contributed by atoms with Crippen LogP contribution in [0.25, 0.3) is 0 Å². The summed E-state index contributed by atoms with van der Waals surface area (Å²) in [6, 6.07) is 10.7. The van der Waals surface area contributed by atoms with Crippen LogP contribution >= 0.6 is 0 Å². The lowest BCUT2D eigenvalue weighted by Crippen LogP contribution is -2.33.